The first-order valence-electron chi connectivity index (χ1n) is 5.81. The average molecular weight is 305 g/mol. The minimum atomic E-state index is -4.48. The molecule has 6 nitrogen and oxygen atoms in total. The molecule has 1 aliphatic heterocycles. The van der Waals surface area contributed by atoms with E-state index in [0.717, 1.165) is 4.31 Å². The number of amides is 1. The predicted octanol–water partition coefficient (Wildman–Crippen LogP) is 0.185. The zero-order valence-electron chi connectivity index (χ0n) is 10.3. The molecule has 0 aliphatic carbocycles. The number of benzene rings is 1. The zero-order chi connectivity index (χ0) is 15.1. The van der Waals surface area contributed by atoms with Gasteiger partial charge in [-0.25, -0.2) is 17.2 Å². The zero-order valence-corrected chi connectivity index (χ0v) is 11.2. The van der Waals surface area contributed by atoms with Gasteiger partial charge in [0.15, 0.2) is 4.90 Å². The lowest BCUT2D eigenvalue weighted by Gasteiger charge is -2.22. The number of sulfonamides is 1. The first-order chi connectivity index (χ1) is 9.25. The van der Waals surface area contributed by atoms with Crippen molar-refractivity contribution in [1.29, 1.82) is 0 Å². The van der Waals surface area contributed by atoms with Gasteiger partial charge in [0, 0.05) is 12.2 Å². The molecular formula is C11H13F2N3O3S. The molecule has 0 saturated carbocycles. The van der Waals surface area contributed by atoms with E-state index in [1.807, 2.05) is 0 Å². The summed E-state index contributed by atoms with van der Waals surface area (Å²) in [5.41, 5.74) is 10.1. The highest BCUT2D eigenvalue weighted by Gasteiger charge is 2.41. The average Bonchev–Trinajstić information content (AvgIpc) is 2.75. The molecule has 1 amide bonds. The Morgan fingerprint density at radius 3 is 2.35 bits per heavy atom. The van der Waals surface area contributed by atoms with E-state index in [1.165, 1.54) is 0 Å². The van der Waals surface area contributed by atoms with Gasteiger partial charge in [-0.2, -0.15) is 4.31 Å². The third-order valence-corrected chi connectivity index (χ3v) is 5.08. The van der Waals surface area contributed by atoms with Crippen LogP contribution < -0.4 is 11.5 Å². The van der Waals surface area contributed by atoms with Crippen LogP contribution in [0.25, 0.3) is 0 Å². The van der Waals surface area contributed by atoms with Crippen molar-refractivity contribution in [3.05, 3.63) is 23.8 Å². The van der Waals surface area contributed by atoms with Gasteiger partial charge in [-0.1, -0.05) is 0 Å². The van der Waals surface area contributed by atoms with E-state index in [-0.39, 0.29) is 18.7 Å². The fourth-order valence-corrected chi connectivity index (χ4v) is 4.01. The molecule has 1 unspecified atom stereocenters. The number of carbonyl (C=O) groups excluding carboxylic acids is 1. The summed E-state index contributed by atoms with van der Waals surface area (Å²) in [5.74, 6) is -3.43. The molecule has 4 N–H and O–H groups in total. The van der Waals surface area contributed by atoms with Gasteiger partial charge in [-0.05, 0) is 25.0 Å². The standard InChI is InChI=1S/C11H13F2N3O3S/c12-7-4-6(14)5-8(13)10(7)20(18,19)16-3-1-2-9(16)11(15)17/h4-5,9H,1-3,14H2,(H2,15,17). The van der Waals surface area contributed by atoms with E-state index in [9.17, 15) is 22.0 Å². The van der Waals surface area contributed by atoms with Crippen LogP contribution >= 0.6 is 0 Å². The van der Waals surface area contributed by atoms with Gasteiger partial charge in [0.2, 0.25) is 15.9 Å². The normalized spacial score (nSPS) is 20.2. The van der Waals surface area contributed by atoms with Gasteiger partial charge in [-0.15, -0.1) is 0 Å². The van der Waals surface area contributed by atoms with E-state index in [0.29, 0.717) is 18.6 Å². The van der Waals surface area contributed by atoms with Crippen molar-refractivity contribution in [1.82, 2.24) is 4.31 Å². The summed E-state index contributed by atoms with van der Waals surface area (Å²) in [6.07, 6.45) is 0.623. The minimum absolute atomic E-state index is 0.0147. The van der Waals surface area contributed by atoms with Crippen molar-refractivity contribution in [2.24, 2.45) is 5.73 Å². The Balaban J connectivity index is 2.54. The highest BCUT2D eigenvalue weighted by molar-refractivity contribution is 7.89. The van der Waals surface area contributed by atoms with E-state index < -0.39 is 38.5 Å². The van der Waals surface area contributed by atoms with Crippen molar-refractivity contribution in [2.45, 2.75) is 23.8 Å². The van der Waals surface area contributed by atoms with Crippen LogP contribution in [-0.2, 0) is 14.8 Å². The van der Waals surface area contributed by atoms with Gasteiger partial charge >= 0.3 is 0 Å². The number of rotatable bonds is 3. The topological polar surface area (TPSA) is 106 Å². The summed E-state index contributed by atoms with van der Waals surface area (Å²) < 4.78 is 52.8. The molecule has 1 heterocycles. The highest BCUT2D eigenvalue weighted by Crippen LogP contribution is 2.30. The number of primary amides is 1. The van der Waals surface area contributed by atoms with E-state index in [2.05, 4.69) is 0 Å². The van der Waals surface area contributed by atoms with Crippen LogP contribution in [0.1, 0.15) is 12.8 Å². The molecule has 0 bridgehead atoms. The number of hydrogen-bond acceptors (Lipinski definition) is 4. The Kier molecular flexibility index (Phi) is 3.65. The molecule has 0 spiro atoms. The van der Waals surface area contributed by atoms with Gasteiger partial charge in [-0.3, -0.25) is 4.79 Å². The Morgan fingerprint density at radius 1 is 1.30 bits per heavy atom. The van der Waals surface area contributed by atoms with Crippen molar-refractivity contribution >= 4 is 21.6 Å². The third kappa shape index (κ3) is 2.34. The summed E-state index contributed by atoms with van der Waals surface area (Å²) in [4.78, 5) is 10.1. The fraction of sp³-hybridized carbons (Fsp3) is 0.364. The molecule has 110 valence electrons. The maximum atomic E-state index is 13.7. The summed E-state index contributed by atoms with van der Waals surface area (Å²) in [5, 5.41) is 0. The number of nitrogens with zero attached hydrogens (tertiary/aromatic N) is 1. The first kappa shape index (κ1) is 14.7. The van der Waals surface area contributed by atoms with E-state index >= 15 is 0 Å². The fourth-order valence-electron chi connectivity index (χ4n) is 2.26. The molecule has 1 aromatic carbocycles. The predicted molar refractivity (Wildman–Crippen MR) is 66.9 cm³/mol. The monoisotopic (exact) mass is 305 g/mol. The molecule has 1 saturated heterocycles. The van der Waals surface area contributed by atoms with Crippen molar-refractivity contribution in [2.75, 3.05) is 12.3 Å². The highest BCUT2D eigenvalue weighted by atomic mass is 32.2. The van der Waals surface area contributed by atoms with Crippen LogP contribution in [-0.4, -0.2) is 31.2 Å². The molecule has 20 heavy (non-hydrogen) atoms. The van der Waals surface area contributed by atoms with Crippen LogP contribution in [0.2, 0.25) is 0 Å². The molecule has 1 atom stereocenters. The van der Waals surface area contributed by atoms with Crippen LogP contribution in [0.3, 0.4) is 0 Å². The van der Waals surface area contributed by atoms with Gasteiger partial charge in [0.25, 0.3) is 0 Å². The van der Waals surface area contributed by atoms with Crippen LogP contribution in [0.4, 0.5) is 14.5 Å². The lowest BCUT2D eigenvalue weighted by molar-refractivity contribution is -0.121. The SMILES string of the molecule is NC(=O)C1CCCN1S(=O)(=O)c1c(F)cc(N)cc1F. The molecule has 1 aliphatic rings. The van der Waals surface area contributed by atoms with Gasteiger partial charge in [0.1, 0.15) is 17.7 Å². The molecule has 1 fully saturated rings. The number of halogens is 2. The lowest BCUT2D eigenvalue weighted by atomic mass is 10.2. The Labute approximate surface area is 114 Å². The first-order valence-corrected chi connectivity index (χ1v) is 7.25. The van der Waals surface area contributed by atoms with Crippen molar-refractivity contribution < 1.29 is 22.0 Å². The van der Waals surface area contributed by atoms with Crippen LogP contribution in [0, 0.1) is 11.6 Å². The van der Waals surface area contributed by atoms with E-state index in [4.69, 9.17) is 11.5 Å². The molecule has 2 rings (SSSR count). The molecular weight excluding hydrogens is 292 g/mol. The largest absolute Gasteiger partial charge is 0.399 e. The quantitative estimate of drug-likeness (QED) is 0.777. The van der Waals surface area contributed by atoms with Crippen molar-refractivity contribution in [3.63, 3.8) is 0 Å². The van der Waals surface area contributed by atoms with Gasteiger partial charge in [0.05, 0.1) is 0 Å². The Bertz CT molecular complexity index is 640. The Hall–Kier alpha value is -1.74. The summed E-state index contributed by atoms with van der Waals surface area (Å²) in [7, 11) is -4.48. The second-order valence-corrected chi connectivity index (χ2v) is 6.32. The second kappa shape index (κ2) is 4.98. The van der Waals surface area contributed by atoms with Gasteiger partial charge < -0.3 is 11.5 Å². The second-order valence-electron chi connectivity index (χ2n) is 4.49. The number of hydrogen-bond donors (Lipinski definition) is 2. The smallest absolute Gasteiger partial charge is 0.249 e. The summed E-state index contributed by atoms with van der Waals surface area (Å²) in [6.45, 7) is -0.0147. The number of carbonyl (C=O) groups is 1. The van der Waals surface area contributed by atoms with Crippen LogP contribution in [0.5, 0.6) is 0 Å². The van der Waals surface area contributed by atoms with Crippen molar-refractivity contribution in [3.8, 4) is 0 Å². The van der Waals surface area contributed by atoms with E-state index in [1.54, 1.807) is 0 Å². The summed E-state index contributed by atoms with van der Waals surface area (Å²) >= 11 is 0. The molecule has 0 radical (unpaired) electrons. The maximum absolute atomic E-state index is 13.7. The number of nitrogen functional groups attached to an aromatic ring is 1. The summed E-state index contributed by atoms with van der Waals surface area (Å²) in [6, 6.07) is 0.340. The minimum Gasteiger partial charge on any atom is -0.399 e. The Morgan fingerprint density at radius 2 is 1.85 bits per heavy atom. The maximum Gasteiger partial charge on any atom is 0.249 e. The lowest BCUT2D eigenvalue weighted by Crippen LogP contribution is -2.44. The molecule has 1 aromatic rings. The molecule has 0 aromatic heterocycles. The number of anilines is 1. The number of nitrogens with two attached hydrogens (primary N) is 2. The third-order valence-electron chi connectivity index (χ3n) is 3.12. The molecule has 9 heteroatoms. The van der Waals surface area contributed by atoms with Crippen LogP contribution in [0.15, 0.2) is 17.0 Å².